The predicted molar refractivity (Wildman–Crippen MR) is 79.6 cm³/mol. The Bertz CT molecular complexity index is 604. The van der Waals surface area contributed by atoms with Crippen LogP contribution in [0.3, 0.4) is 0 Å². The van der Waals surface area contributed by atoms with Gasteiger partial charge in [-0.2, -0.15) is 15.3 Å². The Morgan fingerprint density at radius 2 is 1.00 bits per heavy atom. The lowest BCUT2D eigenvalue weighted by atomic mass is 10.7. The molecule has 0 spiro atoms. The van der Waals surface area contributed by atoms with E-state index in [-0.39, 0.29) is 6.29 Å². The molecule has 0 saturated carbocycles. The van der Waals surface area contributed by atoms with Gasteiger partial charge in [0.15, 0.2) is 0 Å². The highest BCUT2D eigenvalue weighted by Crippen LogP contribution is 2.19. The summed E-state index contributed by atoms with van der Waals surface area (Å²) in [6.07, 6.45) is 10.5. The van der Waals surface area contributed by atoms with Crippen LogP contribution in [0.25, 0.3) is 0 Å². The van der Waals surface area contributed by atoms with Crippen LogP contribution in [0.5, 0.6) is 0 Å². The van der Waals surface area contributed by atoms with Gasteiger partial charge in [0.05, 0.1) is 32.0 Å². The first kappa shape index (κ1) is 13.1. The molecule has 0 aromatic carbocycles. The van der Waals surface area contributed by atoms with Crippen LogP contribution in [0.1, 0.15) is 6.29 Å². The van der Waals surface area contributed by atoms with E-state index in [9.17, 15) is 0 Å². The van der Waals surface area contributed by atoms with Crippen molar-refractivity contribution in [3.63, 3.8) is 0 Å². The molecule has 19 heavy (non-hydrogen) atoms. The summed E-state index contributed by atoms with van der Waals surface area (Å²) < 4.78 is 7.99. The molecule has 0 fully saturated rings. The summed E-state index contributed by atoms with van der Waals surface area (Å²) in [5.41, 5.74) is 0. The minimum Gasteiger partial charge on any atom is -0.226 e. The van der Waals surface area contributed by atoms with Gasteiger partial charge >= 0.3 is 0 Å². The van der Waals surface area contributed by atoms with E-state index in [0.29, 0.717) is 0 Å². The summed E-state index contributed by atoms with van der Waals surface area (Å²) in [5, 5.41) is 12.9. The first-order chi connectivity index (χ1) is 9.13. The standard InChI is InChI=1S/C10H7Br3N6/c11-7-1-14-17(4-7)10(18-5-8(12)2-15-18)19-6-9(13)3-16-19/h1-6,10H. The molecular weight excluding hydrogens is 444 g/mol. The highest BCUT2D eigenvalue weighted by molar-refractivity contribution is 9.11. The molecule has 3 heterocycles. The van der Waals surface area contributed by atoms with Crippen LogP contribution in [-0.2, 0) is 0 Å². The second-order valence-electron chi connectivity index (χ2n) is 3.76. The quantitative estimate of drug-likeness (QED) is 0.616. The summed E-state index contributed by atoms with van der Waals surface area (Å²) in [6, 6.07) is 0. The third-order valence-corrected chi connectivity index (χ3v) is 3.65. The molecular formula is C10H7Br3N6. The van der Waals surface area contributed by atoms with Crippen LogP contribution in [-0.4, -0.2) is 29.3 Å². The number of hydrogen-bond acceptors (Lipinski definition) is 3. The van der Waals surface area contributed by atoms with E-state index >= 15 is 0 Å². The van der Waals surface area contributed by atoms with Gasteiger partial charge in [0.25, 0.3) is 0 Å². The molecule has 0 N–H and O–H groups in total. The van der Waals surface area contributed by atoms with E-state index in [1.807, 2.05) is 18.6 Å². The van der Waals surface area contributed by atoms with Crippen LogP contribution in [0.15, 0.2) is 50.6 Å². The van der Waals surface area contributed by atoms with Gasteiger partial charge in [-0.05, 0) is 47.8 Å². The third kappa shape index (κ3) is 2.67. The Kier molecular flexibility index (Phi) is 3.59. The van der Waals surface area contributed by atoms with Crippen molar-refractivity contribution >= 4 is 47.8 Å². The Labute approximate surface area is 133 Å². The first-order valence-electron chi connectivity index (χ1n) is 5.22. The number of rotatable bonds is 3. The lowest BCUT2D eigenvalue weighted by Gasteiger charge is -2.18. The van der Waals surface area contributed by atoms with Gasteiger partial charge in [0.1, 0.15) is 0 Å². The second-order valence-corrected chi connectivity index (χ2v) is 6.51. The summed E-state index contributed by atoms with van der Waals surface area (Å²) >= 11 is 10.2. The maximum absolute atomic E-state index is 4.30. The van der Waals surface area contributed by atoms with Gasteiger partial charge in [-0.15, -0.1) is 0 Å². The highest BCUT2D eigenvalue weighted by Gasteiger charge is 2.18. The largest absolute Gasteiger partial charge is 0.238 e. The van der Waals surface area contributed by atoms with E-state index < -0.39 is 0 Å². The fourth-order valence-corrected chi connectivity index (χ4v) is 2.59. The molecule has 3 aromatic rings. The molecule has 9 heteroatoms. The van der Waals surface area contributed by atoms with Crippen LogP contribution in [0, 0.1) is 0 Å². The molecule has 0 aliphatic rings. The van der Waals surface area contributed by atoms with Crippen molar-refractivity contribution in [2.45, 2.75) is 6.29 Å². The molecule has 3 aromatic heterocycles. The van der Waals surface area contributed by atoms with E-state index in [1.54, 1.807) is 32.6 Å². The lowest BCUT2D eigenvalue weighted by molar-refractivity contribution is 0.284. The van der Waals surface area contributed by atoms with Crippen molar-refractivity contribution in [3.8, 4) is 0 Å². The Hall–Kier alpha value is -0.930. The van der Waals surface area contributed by atoms with Crippen LogP contribution in [0.4, 0.5) is 0 Å². The average Bonchev–Trinajstić information content (AvgIpc) is 3.05. The number of nitrogens with zero attached hydrogens (tertiary/aromatic N) is 6. The second kappa shape index (κ2) is 5.22. The lowest BCUT2D eigenvalue weighted by Crippen LogP contribution is -2.27. The van der Waals surface area contributed by atoms with Crippen LogP contribution in [0.2, 0.25) is 0 Å². The third-order valence-electron chi connectivity index (χ3n) is 2.42. The van der Waals surface area contributed by atoms with E-state index in [2.05, 4.69) is 63.1 Å². The topological polar surface area (TPSA) is 53.5 Å². The predicted octanol–water partition coefficient (Wildman–Crippen LogP) is 3.12. The van der Waals surface area contributed by atoms with Crippen molar-refractivity contribution in [2.24, 2.45) is 0 Å². The Morgan fingerprint density at radius 1 is 0.684 bits per heavy atom. The van der Waals surface area contributed by atoms with E-state index in [4.69, 9.17) is 0 Å². The van der Waals surface area contributed by atoms with Crippen molar-refractivity contribution < 1.29 is 0 Å². The highest BCUT2D eigenvalue weighted by atomic mass is 79.9. The molecule has 0 radical (unpaired) electrons. The monoisotopic (exact) mass is 448 g/mol. The van der Waals surface area contributed by atoms with Gasteiger partial charge in [-0.25, -0.2) is 14.0 Å². The zero-order chi connectivity index (χ0) is 13.4. The number of hydrogen-bond donors (Lipinski definition) is 0. The zero-order valence-corrected chi connectivity index (χ0v) is 14.1. The smallest absolute Gasteiger partial charge is 0.226 e. The van der Waals surface area contributed by atoms with Crippen molar-refractivity contribution in [1.29, 1.82) is 0 Å². The van der Waals surface area contributed by atoms with Crippen molar-refractivity contribution in [1.82, 2.24) is 29.3 Å². The van der Waals surface area contributed by atoms with Gasteiger partial charge < -0.3 is 0 Å². The molecule has 6 nitrogen and oxygen atoms in total. The van der Waals surface area contributed by atoms with E-state index in [1.165, 1.54) is 0 Å². The Balaban J connectivity index is 2.10. The van der Waals surface area contributed by atoms with Gasteiger partial charge in [0.2, 0.25) is 6.29 Å². The normalized spacial score (nSPS) is 11.4. The van der Waals surface area contributed by atoms with Crippen LogP contribution < -0.4 is 0 Å². The molecule has 3 rings (SSSR count). The number of aromatic nitrogens is 6. The van der Waals surface area contributed by atoms with Crippen molar-refractivity contribution in [3.05, 3.63) is 50.6 Å². The number of halogens is 3. The zero-order valence-electron chi connectivity index (χ0n) is 9.36. The summed E-state index contributed by atoms with van der Waals surface area (Å²) in [5.74, 6) is 0. The SMILES string of the molecule is Brc1cnn(C(n2cc(Br)cn2)n2cc(Br)cn2)c1. The van der Waals surface area contributed by atoms with Crippen molar-refractivity contribution in [2.75, 3.05) is 0 Å². The van der Waals surface area contributed by atoms with E-state index in [0.717, 1.165) is 13.4 Å². The molecule has 0 saturated heterocycles. The first-order valence-corrected chi connectivity index (χ1v) is 7.60. The molecule has 0 atom stereocenters. The molecule has 0 unspecified atom stereocenters. The van der Waals surface area contributed by atoms with Gasteiger partial charge in [0, 0.05) is 18.6 Å². The summed E-state index contributed by atoms with van der Waals surface area (Å²) in [6.45, 7) is 0. The molecule has 0 aliphatic heterocycles. The maximum Gasteiger partial charge on any atom is 0.238 e. The minimum atomic E-state index is -0.302. The van der Waals surface area contributed by atoms with Gasteiger partial charge in [-0.1, -0.05) is 0 Å². The molecule has 0 amide bonds. The minimum absolute atomic E-state index is 0.302. The molecule has 0 bridgehead atoms. The van der Waals surface area contributed by atoms with Gasteiger partial charge in [-0.3, -0.25) is 0 Å². The fourth-order valence-electron chi connectivity index (χ4n) is 1.69. The fraction of sp³-hybridized carbons (Fsp3) is 0.100. The maximum atomic E-state index is 4.30. The Morgan fingerprint density at radius 3 is 1.21 bits per heavy atom. The summed E-state index contributed by atoms with van der Waals surface area (Å²) in [7, 11) is 0. The molecule has 98 valence electrons. The summed E-state index contributed by atoms with van der Waals surface area (Å²) in [4.78, 5) is 0. The molecule has 0 aliphatic carbocycles. The average molecular weight is 451 g/mol. The van der Waals surface area contributed by atoms with Crippen LogP contribution >= 0.6 is 47.8 Å².